The van der Waals surface area contributed by atoms with Crippen LogP contribution in [0.15, 0.2) is 114 Å². The van der Waals surface area contributed by atoms with Gasteiger partial charge in [0.2, 0.25) is 5.91 Å². The maximum atomic E-state index is 14.5. The number of hydrogen-bond donors (Lipinski definition) is 1. The molecule has 11 heteroatoms. The number of pyridine rings is 1. The molecule has 2 aromatic heterocycles. The van der Waals surface area contributed by atoms with Crippen molar-refractivity contribution < 1.29 is 26.7 Å². The van der Waals surface area contributed by atoms with Crippen LogP contribution in [-0.4, -0.2) is 31.9 Å². The standard InChI is InChI=1S/C38H31F5N4O2/c39-32-6-3-4-28(37(32)40)14-17-30-22-34(48)31-5-1-2-7-33(31)47(30)24-36(49)46(21-18-35-44-19-20-45-35)23-25-8-10-26(11-9-25)27-12-15-29(16-13-27)38(41,42)43/h1-13,15-16,19-20,22H,14,17-18,21,23-24H2,(H,44,45). The minimum atomic E-state index is -4.42. The highest BCUT2D eigenvalue weighted by Crippen LogP contribution is 2.31. The van der Waals surface area contributed by atoms with Crippen LogP contribution in [0.5, 0.6) is 0 Å². The second-order valence-corrected chi connectivity index (χ2v) is 11.7. The summed E-state index contributed by atoms with van der Waals surface area (Å²) in [5.74, 6) is -1.45. The fraction of sp³-hybridized carbons (Fsp3) is 0.184. The van der Waals surface area contributed by atoms with Gasteiger partial charge in [-0.05, 0) is 65.4 Å². The number of carbonyl (C=O) groups is 1. The SMILES string of the molecule is O=C(Cn1c(CCc2cccc(F)c2F)cc(=O)c2ccccc21)N(CCc1ncc[nH]1)Cc1ccc(-c2ccc(C(F)(F)F)cc2)cc1. The Labute approximate surface area is 278 Å². The van der Waals surface area contributed by atoms with Crippen molar-refractivity contribution in [2.24, 2.45) is 0 Å². The van der Waals surface area contributed by atoms with E-state index < -0.39 is 23.4 Å². The molecule has 0 spiro atoms. The Morgan fingerprint density at radius 1 is 0.837 bits per heavy atom. The summed E-state index contributed by atoms with van der Waals surface area (Å²) in [6, 6.07) is 24.5. The topological polar surface area (TPSA) is 71.0 Å². The van der Waals surface area contributed by atoms with E-state index in [9.17, 15) is 31.5 Å². The lowest BCUT2D eigenvalue weighted by Gasteiger charge is -2.25. The van der Waals surface area contributed by atoms with Crippen LogP contribution < -0.4 is 5.43 Å². The van der Waals surface area contributed by atoms with Gasteiger partial charge in [-0.2, -0.15) is 13.2 Å². The number of alkyl halides is 3. The number of aromatic amines is 1. The van der Waals surface area contributed by atoms with Crippen LogP contribution in [0.1, 0.15) is 28.2 Å². The van der Waals surface area contributed by atoms with Gasteiger partial charge in [0, 0.05) is 49.1 Å². The van der Waals surface area contributed by atoms with Crippen molar-refractivity contribution >= 4 is 16.8 Å². The lowest BCUT2D eigenvalue weighted by atomic mass is 10.0. The highest BCUT2D eigenvalue weighted by molar-refractivity contribution is 5.83. The van der Waals surface area contributed by atoms with E-state index in [2.05, 4.69) is 9.97 Å². The van der Waals surface area contributed by atoms with Gasteiger partial charge in [-0.15, -0.1) is 0 Å². The molecule has 0 unspecified atom stereocenters. The van der Waals surface area contributed by atoms with E-state index in [0.29, 0.717) is 41.0 Å². The molecule has 0 saturated carbocycles. The van der Waals surface area contributed by atoms with E-state index in [4.69, 9.17) is 0 Å². The van der Waals surface area contributed by atoms with Gasteiger partial charge < -0.3 is 14.5 Å². The predicted molar refractivity (Wildman–Crippen MR) is 177 cm³/mol. The molecule has 250 valence electrons. The smallest absolute Gasteiger partial charge is 0.349 e. The summed E-state index contributed by atoms with van der Waals surface area (Å²) in [4.78, 5) is 36.2. The second-order valence-electron chi connectivity index (χ2n) is 11.7. The van der Waals surface area contributed by atoms with Gasteiger partial charge in [0.05, 0.1) is 11.1 Å². The number of halogens is 5. The summed E-state index contributed by atoms with van der Waals surface area (Å²) in [5.41, 5.74) is 2.41. The molecule has 0 saturated heterocycles. The van der Waals surface area contributed by atoms with E-state index in [1.54, 1.807) is 58.3 Å². The van der Waals surface area contributed by atoms with Crippen molar-refractivity contribution in [3.05, 3.63) is 160 Å². The molecule has 0 aliphatic carbocycles. The molecule has 1 amide bonds. The van der Waals surface area contributed by atoms with Crippen LogP contribution in [0, 0.1) is 11.6 Å². The van der Waals surface area contributed by atoms with E-state index in [-0.39, 0.29) is 42.8 Å². The molecule has 6 nitrogen and oxygen atoms in total. The van der Waals surface area contributed by atoms with Gasteiger partial charge in [-0.3, -0.25) is 9.59 Å². The van der Waals surface area contributed by atoms with Crippen LogP contribution in [0.25, 0.3) is 22.0 Å². The van der Waals surface area contributed by atoms with E-state index in [0.717, 1.165) is 29.3 Å². The molecule has 0 aliphatic heterocycles. The zero-order valence-corrected chi connectivity index (χ0v) is 26.2. The van der Waals surface area contributed by atoms with Gasteiger partial charge in [0.15, 0.2) is 17.1 Å². The van der Waals surface area contributed by atoms with Crippen molar-refractivity contribution in [1.29, 1.82) is 0 Å². The van der Waals surface area contributed by atoms with Crippen molar-refractivity contribution in [2.45, 2.75) is 38.5 Å². The number of fused-ring (bicyclic) bond motifs is 1. The fourth-order valence-corrected chi connectivity index (χ4v) is 5.85. The number of imidazole rings is 1. The maximum Gasteiger partial charge on any atom is 0.416 e. The number of rotatable bonds is 11. The zero-order chi connectivity index (χ0) is 34.5. The number of aromatic nitrogens is 3. The molecule has 0 fully saturated rings. The lowest BCUT2D eigenvalue weighted by Crippen LogP contribution is -2.36. The number of carbonyl (C=O) groups excluding carboxylic acids is 1. The Balaban J connectivity index is 1.27. The number of aryl methyl sites for hydroxylation is 2. The molecule has 0 aliphatic rings. The highest BCUT2D eigenvalue weighted by Gasteiger charge is 2.30. The fourth-order valence-electron chi connectivity index (χ4n) is 5.85. The number of hydrogen-bond acceptors (Lipinski definition) is 3. The molecule has 6 rings (SSSR count). The Kier molecular flexibility index (Phi) is 9.70. The van der Waals surface area contributed by atoms with Crippen molar-refractivity contribution in [3.63, 3.8) is 0 Å². The molecule has 1 N–H and O–H groups in total. The number of benzene rings is 4. The molecule has 2 heterocycles. The minimum Gasteiger partial charge on any atom is -0.349 e. The molecule has 0 atom stereocenters. The third-order valence-electron chi connectivity index (χ3n) is 8.48. The van der Waals surface area contributed by atoms with Crippen molar-refractivity contribution in [1.82, 2.24) is 19.4 Å². The third kappa shape index (κ3) is 7.77. The first-order valence-electron chi connectivity index (χ1n) is 15.6. The minimum absolute atomic E-state index is 0.114. The normalized spacial score (nSPS) is 11.6. The van der Waals surface area contributed by atoms with E-state index >= 15 is 0 Å². The maximum absolute atomic E-state index is 14.5. The monoisotopic (exact) mass is 670 g/mol. The van der Waals surface area contributed by atoms with Gasteiger partial charge in [-0.1, -0.05) is 60.7 Å². The average molecular weight is 671 g/mol. The average Bonchev–Trinajstić information content (AvgIpc) is 3.62. The first kappa shape index (κ1) is 33.3. The van der Waals surface area contributed by atoms with Crippen LogP contribution in [-0.2, 0) is 43.3 Å². The highest BCUT2D eigenvalue weighted by atomic mass is 19.4. The summed E-state index contributed by atoms with van der Waals surface area (Å²) < 4.78 is 69.2. The number of para-hydroxylation sites is 1. The number of amides is 1. The molecular weight excluding hydrogens is 639 g/mol. The Bertz CT molecular complexity index is 2120. The summed E-state index contributed by atoms with van der Waals surface area (Å²) in [6.07, 6.45) is -0.355. The van der Waals surface area contributed by atoms with Gasteiger partial charge >= 0.3 is 6.18 Å². The van der Waals surface area contributed by atoms with E-state index in [1.807, 2.05) is 12.1 Å². The van der Waals surface area contributed by atoms with Crippen LogP contribution in [0.3, 0.4) is 0 Å². The zero-order valence-electron chi connectivity index (χ0n) is 26.2. The molecule has 49 heavy (non-hydrogen) atoms. The predicted octanol–water partition coefficient (Wildman–Crippen LogP) is 7.75. The first-order chi connectivity index (χ1) is 23.6. The van der Waals surface area contributed by atoms with Crippen molar-refractivity contribution in [3.8, 4) is 11.1 Å². The van der Waals surface area contributed by atoms with E-state index in [1.165, 1.54) is 30.3 Å². The van der Waals surface area contributed by atoms with Crippen LogP contribution in [0.4, 0.5) is 22.0 Å². The van der Waals surface area contributed by atoms with Gasteiger partial charge in [0.25, 0.3) is 0 Å². The van der Waals surface area contributed by atoms with Gasteiger partial charge in [-0.25, -0.2) is 13.8 Å². The largest absolute Gasteiger partial charge is 0.416 e. The molecule has 4 aromatic carbocycles. The Hall–Kier alpha value is -5.58. The molecule has 0 bridgehead atoms. The van der Waals surface area contributed by atoms with Crippen LogP contribution >= 0.6 is 0 Å². The Morgan fingerprint density at radius 2 is 1.55 bits per heavy atom. The third-order valence-corrected chi connectivity index (χ3v) is 8.48. The van der Waals surface area contributed by atoms with Crippen molar-refractivity contribution in [2.75, 3.05) is 6.54 Å². The molecular formula is C38H31F5N4O2. The Morgan fingerprint density at radius 3 is 2.24 bits per heavy atom. The van der Waals surface area contributed by atoms with Gasteiger partial charge in [0.1, 0.15) is 12.4 Å². The molecule has 6 aromatic rings. The summed E-state index contributed by atoms with van der Waals surface area (Å²) >= 11 is 0. The van der Waals surface area contributed by atoms with Crippen LogP contribution in [0.2, 0.25) is 0 Å². The number of H-pyrrole nitrogens is 1. The number of nitrogens with zero attached hydrogens (tertiary/aromatic N) is 3. The lowest BCUT2D eigenvalue weighted by molar-refractivity contribution is -0.137. The first-order valence-corrected chi connectivity index (χ1v) is 15.6. The summed E-state index contributed by atoms with van der Waals surface area (Å²) in [5, 5.41) is 0.428. The summed E-state index contributed by atoms with van der Waals surface area (Å²) in [7, 11) is 0. The molecule has 0 radical (unpaired) electrons. The number of nitrogens with one attached hydrogen (secondary N) is 1. The second kappa shape index (κ2) is 14.3. The quantitative estimate of drug-likeness (QED) is 0.143. The summed E-state index contributed by atoms with van der Waals surface area (Å²) in [6.45, 7) is 0.424.